The van der Waals surface area contributed by atoms with E-state index in [0.717, 1.165) is 25.1 Å². The van der Waals surface area contributed by atoms with Crippen LogP contribution in [0.3, 0.4) is 0 Å². The second kappa shape index (κ2) is 9.87. The van der Waals surface area contributed by atoms with Gasteiger partial charge < -0.3 is 4.90 Å². The van der Waals surface area contributed by atoms with Gasteiger partial charge in [0, 0.05) is 31.5 Å². The first-order valence-corrected chi connectivity index (χ1v) is 9.73. The minimum atomic E-state index is -0.103. The third-order valence-electron chi connectivity index (χ3n) is 3.90. The Labute approximate surface area is 159 Å². The van der Waals surface area contributed by atoms with E-state index < -0.39 is 0 Å². The maximum atomic E-state index is 12.3. The molecule has 0 fully saturated rings. The standard InChI is InChI=1S/C20H25N3O2S/c1-4-6-14-22(5-2)19(25)13-12-17-15-26-20(21-17)23(16(3)24)18-10-8-7-9-11-18/h7-13,15H,4-6,14H2,1-3H3/b13-12+. The monoisotopic (exact) mass is 371 g/mol. The van der Waals surface area contributed by atoms with Crippen molar-refractivity contribution in [3.05, 3.63) is 47.5 Å². The highest BCUT2D eigenvalue weighted by atomic mass is 32.1. The van der Waals surface area contributed by atoms with E-state index in [1.165, 1.54) is 18.3 Å². The van der Waals surface area contributed by atoms with Crippen LogP contribution in [0.15, 0.2) is 41.8 Å². The highest BCUT2D eigenvalue weighted by molar-refractivity contribution is 7.14. The van der Waals surface area contributed by atoms with Gasteiger partial charge in [-0.2, -0.15) is 0 Å². The van der Waals surface area contributed by atoms with Gasteiger partial charge >= 0.3 is 0 Å². The molecule has 0 aliphatic carbocycles. The van der Waals surface area contributed by atoms with Crippen molar-refractivity contribution in [2.45, 2.75) is 33.6 Å². The van der Waals surface area contributed by atoms with E-state index in [2.05, 4.69) is 11.9 Å². The summed E-state index contributed by atoms with van der Waals surface area (Å²) in [5.74, 6) is -0.115. The first-order valence-electron chi connectivity index (χ1n) is 8.85. The number of carbonyl (C=O) groups is 2. The van der Waals surface area contributed by atoms with Crippen molar-refractivity contribution in [3.8, 4) is 0 Å². The number of hydrogen-bond donors (Lipinski definition) is 0. The number of likely N-dealkylation sites (N-methyl/N-ethyl adjacent to an activating group) is 1. The van der Waals surface area contributed by atoms with Crippen LogP contribution in [0.2, 0.25) is 0 Å². The lowest BCUT2D eigenvalue weighted by Crippen LogP contribution is -2.30. The molecule has 0 radical (unpaired) electrons. The Morgan fingerprint density at radius 3 is 2.54 bits per heavy atom. The molecule has 1 aromatic heterocycles. The molecule has 2 aromatic rings. The molecule has 5 nitrogen and oxygen atoms in total. The fourth-order valence-electron chi connectivity index (χ4n) is 2.49. The third kappa shape index (κ3) is 5.26. The number of anilines is 2. The number of hydrogen-bond acceptors (Lipinski definition) is 4. The van der Waals surface area contributed by atoms with E-state index in [-0.39, 0.29) is 11.8 Å². The molecule has 26 heavy (non-hydrogen) atoms. The number of amides is 2. The maximum absolute atomic E-state index is 12.3. The number of nitrogens with zero attached hydrogens (tertiary/aromatic N) is 3. The van der Waals surface area contributed by atoms with Crippen molar-refractivity contribution in [2.75, 3.05) is 18.0 Å². The largest absolute Gasteiger partial charge is 0.339 e. The van der Waals surface area contributed by atoms with E-state index >= 15 is 0 Å². The van der Waals surface area contributed by atoms with Crippen LogP contribution in [-0.2, 0) is 9.59 Å². The van der Waals surface area contributed by atoms with Crippen LogP contribution in [0.25, 0.3) is 6.08 Å². The summed E-state index contributed by atoms with van der Waals surface area (Å²) in [7, 11) is 0. The normalized spacial score (nSPS) is 10.9. The van der Waals surface area contributed by atoms with E-state index in [9.17, 15) is 9.59 Å². The zero-order valence-electron chi connectivity index (χ0n) is 15.5. The molecule has 0 atom stereocenters. The molecule has 0 bridgehead atoms. The van der Waals surface area contributed by atoms with Gasteiger partial charge in [0.2, 0.25) is 11.8 Å². The molecule has 0 N–H and O–H groups in total. The highest BCUT2D eigenvalue weighted by Crippen LogP contribution is 2.29. The topological polar surface area (TPSA) is 53.5 Å². The van der Waals surface area contributed by atoms with Crippen LogP contribution in [0.5, 0.6) is 0 Å². The number of aromatic nitrogens is 1. The van der Waals surface area contributed by atoms with Crippen molar-refractivity contribution in [3.63, 3.8) is 0 Å². The van der Waals surface area contributed by atoms with Crippen LogP contribution < -0.4 is 4.90 Å². The maximum Gasteiger partial charge on any atom is 0.246 e. The second-order valence-corrected chi connectivity index (χ2v) is 6.69. The number of para-hydroxylation sites is 1. The molecular weight excluding hydrogens is 346 g/mol. The predicted molar refractivity (Wildman–Crippen MR) is 108 cm³/mol. The average molecular weight is 372 g/mol. The average Bonchev–Trinajstić information content (AvgIpc) is 3.09. The van der Waals surface area contributed by atoms with Crippen LogP contribution in [0, 0.1) is 0 Å². The van der Waals surface area contributed by atoms with Crippen molar-refractivity contribution in [2.24, 2.45) is 0 Å². The van der Waals surface area contributed by atoms with Gasteiger partial charge in [-0.15, -0.1) is 11.3 Å². The number of unbranched alkanes of at least 4 members (excludes halogenated alkanes) is 1. The van der Waals surface area contributed by atoms with Gasteiger partial charge in [-0.3, -0.25) is 14.5 Å². The Balaban J connectivity index is 2.13. The fourth-order valence-corrected chi connectivity index (χ4v) is 3.35. The molecule has 1 heterocycles. The number of rotatable bonds is 8. The first kappa shape index (κ1) is 19.8. The molecule has 0 saturated carbocycles. The smallest absolute Gasteiger partial charge is 0.246 e. The summed E-state index contributed by atoms with van der Waals surface area (Å²) < 4.78 is 0. The van der Waals surface area contributed by atoms with Crippen molar-refractivity contribution < 1.29 is 9.59 Å². The van der Waals surface area contributed by atoms with Gasteiger partial charge in [-0.1, -0.05) is 31.5 Å². The molecule has 0 saturated heterocycles. The van der Waals surface area contributed by atoms with E-state index in [4.69, 9.17) is 0 Å². The summed E-state index contributed by atoms with van der Waals surface area (Å²) in [4.78, 5) is 32.2. The summed E-state index contributed by atoms with van der Waals surface area (Å²) in [6, 6.07) is 9.41. The molecule has 2 rings (SSSR count). The lowest BCUT2D eigenvalue weighted by atomic mass is 10.3. The Bertz CT molecular complexity index is 755. The van der Waals surface area contributed by atoms with Crippen LogP contribution >= 0.6 is 11.3 Å². The number of benzene rings is 1. The summed E-state index contributed by atoms with van der Waals surface area (Å²) in [5, 5.41) is 2.44. The van der Waals surface area contributed by atoms with Gasteiger partial charge in [0.15, 0.2) is 5.13 Å². The van der Waals surface area contributed by atoms with E-state index in [1.807, 2.05) is 47.5 Å². The van der Waals surface area contributed by atoms with Crippen LogP contribution in [-0.4, -0.2) is 34.8 Å². The van der Waals surface area contributed by atoms with Crippen molar-refractivity contribution in [1.82, 2.24) is 9.88 Å². The summed E-state index contributed by atoms with van der Waals surface area (Å²) in [5.41, 5.74) is 1.45. The van der Waals surface area contributed by atoms with Gasteiger partial charge in [0.05, 0.1) is 11.4 Å². The summed E-state index contributed by atoms with van der Waals surface area (Å²) >= 11 is 1.38. The molecule has 2 amide bonds. The number of carbonyl (C=O) groups excluding carboxylic acids is 2. The Kier molecular flexibility index (Phi) is 7.53. The quantitative estimate of drug-likeness (QED) is 0.643. The minimum absolute atomic E-state index is 0.0121. The molecule has 0 spiro atoms. The highest BCUT2D eigenvalue weighted by Gasteiger charge is 2.17. The van der Waals surface area contributed by atoms with Crippen LogP contribution in [0.1, 0.15) is 39.3 Å². The van der Waals surface area contributed by atoms with E-state index in [1.54, 1.807) is 17.1 Å². The summed E-state index contributed by atoms with van der Waals surface area (Å²) in [6.07, 6.45) is 5.32. The SMILES string of the molecule is CCCCN(CC)C(=O)/C=C/c1csc(N(C(C)=O)c2ccccc2)n1. The second-order valence-electron chi connectivity index (χ2n) is 5.85. The molecule has 1 aromatic carbocycles. The molecule has 138 valence electrons. The lowest BCUT2D eigenvalue weighted by Gasteiger charge is -2.18. The Morgan fingerprint density at radius 1 is 1.19 bits per heavy atom. The molecular formula is C20H25N3O2S. The number of thiazole rings is 1. The molecule has 6 heteroatoms. The third-order valence-corrected chi connectivity index (χ3v) is 4.75. The van der Waals surface area contributed by atoms with Gasteiger partial charge in [0.1, 0.15) is 0 Å². The Morgan fingerprint density at radius 2 is 1.92 bits per heavy atom. The van der Waals surface area contributed by atoms with Gasteiger partial charge in [-0.25, -0.2) is 4.98 Å². The minimum Gasteiger partial charge on any atom is -0.339 e. The molecule has 0 unspecified atom stereocenters. The molecule has 0 aliphatic rings. The summed E-state index contributed by atoms with van der Waals surface area (Å²) in [6.45, 7) is 7.06. The van der Waals surface area contributed by atoms with Crippen LogP contribution in [0.4, 0.5) is 10.8 Å². The lowest BCUT2D eigenvalue weighted by molar-refractivity contribution is -0.125. The van der Waals surface area contributed by atoms with Crippen molar-refractivity contribution >= 4 is 40.0 Å². The fraction of sp³-hybridized carbons (Fsp3) is 0.350. The Hall–Kier alpha value is -2.47. The van der Waals surface area contributed by atoms with E-state index in [0.29, 0.717) is 17.4 Å². The van der Waals surface area contributed by atoms with Gasteiger partial charge in [-0.05, 0) is 31.6 Å². The predicted octanol–water partition coefficient (Wildman–Crippen LogP) is 4.49. The zero-order valence-corrected chi connectivity index (χ0v) is 16.3. The van der Waals surface area contributed by atoms with Gasteiger partial charge in [0.25, 0.3) is 0 Å². The molecule has 0 aliphatic heterocycles. The van der Waals surface area contributed by atoms with Crippen molar-refractivity contribution in [1.29, 1.82) is 0 Å². The first-order chi connectivity index (χ1) is 12.6. The zero-order chi connectivity index (χ0) is 18.9.